The Morgan fingerprint density at radius 1 is 1.32 bits per heavy atom. The van der Waals surface area contributed by atoms with Crippen LogP contribution in [0.4, 0.5) is 0 Å². The van der Waals surface area contributed by atoms with Crippen LogP contribution in [0, 0.1) is 6.92 Å². The van der Waals surface area contributed by atoms with Gasteiger partial charge in [-0.25, -0.2) is 0 Å². The molecule has 3 rings (SSSR count). The molecule has 2 aliphatic heterocycles. The third-order valence-electron chi connectivity index (χ3n) is 4.23. The van der Waals surface area contributed by atoms with E-state index < -0.39 is 5.60 Å². The third kappa shape index (κ3) is 2.58. The number of aromatic nitrogens is 2. The Labute approximate surface area is 128 Å². The summed E-state index contributed by atoms with van der Waals surface area (Å²) in [5.74, 6) is 1.12. The monoisotopic (exact) mass is 308 g/mol. The fourth-order valence-corrected chi connectivity index (χ4v) is 2.88. The molecule has 2 fully saturated rings. The number of aryl methyl sites for hydroxylation is 1. The van der Waals surface area contributed by atoms with Crippen LogP contribution in [0.3, 0.4) is 0 Å². The summed E-state index contributed by atoms with van der Waals surface area (Å²) in [6.07, 6.45) is 0. The number of carbonyl (C=O) groups is 2. The fraction of sp³-hybridized carbons (Fsp3) is 0.714. The highest BCUT2D eigenvalue weighted by molar-refractivity contribution is 5.87. The summed E-state index contributed by atoms with van der Waals surface area (Å²) in [6, 6.07) is 0. The maximum Gasteiger partial charge on any atom is 0.256 e. The van der Waals surface area contributed by atoms with Crippen molar-refractivity contribution in [3.8, 4) is 0 Å². The number of amides is 2. The van der Waals surface area contributed by atoms with E-state index in [1.165, 1.54) is 6.92 Å². The van der Waals surface area contributed by atoms with Gasteiger partial charge in [0.25, 0.3) is 5.91 Å². The quantitative estimate of drug-likeness (QED) is 0.760. The van der Waals surface area contributed by atoms with Gasteiger partial charge in [0.2, 0.25) is 11.8 Å². The van der Waals surface area contributed by atoms with Gasteiger partial charge in [-0.05, 0) is 13.8 Å². The zero-order valence-corrected chi connectivity index (χ0v) is 13.0. The first-order chi connectivity index (χ1) is 10.4. The minimum Gasteiger partial charge on any atom is -0.362 e. The van der Waals surface area contributed by atoms with Crippen LogP contribution < -0.4 is 0 Å². The Morgan fingerprint density at radius 3 is 2.64 bits per heavy atom. The van der Waals surface area contributed by atoms with Crippen molar-refractivity contribution < 1.29 is 18.8 Å². The largest absolute Gasteiger partial charge is 0.362 e. The van der Waals surface area contributed by atoms with Gasteiger partial charge in [0.1, 0.15) is 0 Å². The molecule has 0 spiro atoms. The lowest BCUT2D eigenvalue weighted by atomic mass is 9.94. The van der Waals surface area contributed by atoms with Crippen molar-refractivity contribution in [3.05, 3.63) is 11.7 Å². The molecule has 0 aliphatic carbocycles. The average Bonchev–Trinajstić information content (AvgIpc) is 2.83. The molecule has 1 atom stereocenters. The highest BCUT2D eigenvalue weighted by Gasteiger charge is 2.47. The van der Waals surface area contributed by atoms with Gasteiger partial charge in [-0.3, -0.25) is 9.59 Å². The number of nitrogens with zero attached hydrogens (tertiary/aromatic N) is 4. The molecule has 3 heterocycles. The van der Waals surface area contributed by atoms with Crippen LogP contribution in [-0.2, 0) is 14.3 Å². The maximum absolute atomic E-state index is 12.6. The lowest BCUT2D eigenvalue weighted by Gasteiger charge is -2.45. The normalized spacial score (nSPS) is 26.0. The van der Waals surface area contributed by atoms with Crippen LogP contribution in [-0.4, -0.2) is 70.1 Å². The van der Waals surface area contributed by atoms with E-state index in [9.17, 15) is 9.59 Å². The van der Waals surface area contributed by atoms with Crippen molar-refractivity contribution in [2.75, 3.05) is 32.8 Å². The van der Waals surface area contributed by atoms with Crippen LogP contribution in [0.1, 0.15) is 31.5 Å². The molecule has 8 heteroatoms. The topological polar surface area (TPSA) is 88.8 Å². The maximum atomic E-state index is 12.6. The molecule has 0 saturated carbocycles. The Morgan fingerprint density at radius 2 is 2.05 bits per heavy atom. The number of carbonyl (C=O) groups excluding carboxylic acids is 2. The number of rotatable bonds is 2. The van der Waals surface area contributed by atoms with Gasteiger partial charge in [-0.1, -0.05) is 5.16 Å². The molecule has 0 radical (unpaired) electrons. The summed E-state index contributed by atoms with van der Waals surface area (Å²) in [5, 5.41) is 3.76. The van der Waals surface area contributed by atoms with E-state index in [0.29, 0.717) is 44.5 Å². The van der Waals surface area contributed by atoms with Crippen LogP contribution in [0.5, 0.6) is 0 Å². The van der Waals surface area contributed by atoms with E-state index in [0.717, 1.165) is 0 Å². The Bertz CT molecular complexity index is 595. The summed E-state index contributed by atoms with van der Waals surface area (Å²) < 4.78 is 10.8. The predicted octanol–water partition coefficient (Wildman–Crippen LogP) is -0.0588. The van der Waals surface area contributed by atoms with E-state index in [4.69, 9.17) is 9.26 Å². The highest BCUT2D eigenvalue weighted by Crippen LogP contribution is 2.30. The molecule has 1 aromatic rings. The first-order valence-corrected chi connectivity index (χ1v) is 7.38. The van der Waals surface area contributed by atoms with Gasteiger partial charge in [0.15, 0.2) is 11.4 Å². The summed E-state index contributed by atoms with van der Waals surface area (Å²) in [4.78, 5) is 31.7. The first kappa shape index (κ1) is 15.0. The van der Waals surface area contributed by atoms with Gasteiger partial charge in [-0.15, -0.1) is 0 Å². The zero-order valence-electron chi connectivity index (χ0n) is 13.0. The number of hydrogen-bond donors (Lipinski definition) is 0. The minimum absolute atomic E-state index is 0.0369. The molecular formula is C14H20N4O4. The minimum atomic E-state index is -0.973. The number of morpholine rings is 1. The number of ether oxygens (including phenoxy) is 1. The second-order valence-electron chi connectivity index (χ2n) is 6.11. The molecular weight excluding hydrogens is 288 g/mol. The predicted molar refractivity (Wildman–Crippen MR) is 75.0 cm³/mol. The van der Waals surface area contributed by atoms with Crippen LogP contribution in [0.2, 0.25) is 0 Å². The lowest BCUT2D eigenvalue weighted by molar-refractivity contribution is -0.174. The van der Waals surface area contributed by atoms with E-state index in [2.05, 4.69) is 10.1 Å². The third-order valence-corrected chi connectivity index (χ3v) is 4.23. The van der Waals surface area contributed by atoms with Crippen molar-refractivity contribution in [1.82, 2.24) is 19.9 Å². The van der Waals surface area contributed by atoms with Crippen LogP contribution in [0.25, 0.3) is 0 Å². The Hall–Kier alpha value is -1.96. The SMILES string of the molecule is CC(=O)N1CCOC(C)(C(=O)N2CC(c3nc(C)no3)C2)C1. The van der Waals surface area contributed by atoms with Crippen molar-refractivity contribution in [2.45, 2.75) is 32.3 Å². The van der Waals surface area contributed by atoms with E-state index in [1.807, 2.05) is 0 Å². The summed E-state index contributed by atoms with van der Waals surface area (Å²) in [6.45, 7) is 7.30. The van der Waals surface area contributed by atoms with Gasteiger partial charge in [0.05, 0.1) is 19.1 Å². The second kappa shape index (κ2) is 5.35. The summed E-state index contributed by atoms with van der Waals surface area (Å²) in [7, 11) is 0. The first-order valence-electron chi connectivity index (χ1n) is 7.38. The van der Waals surface area contributed by atoms with Crippen molar-refractivity contribution >= 4 is 11.8 Å². The van der Waals surface area contributed by atoms with Gasteiger partial charge < -0.3 is 19.1 Å². The van der Waals surface area contributed by atoms with E-state index in [1.54, 1.807) is 23.6 Å². The molecule has 1 aromatic heterocycles. The standard InChI is InChI=1S/C14H20N4O4/c1-9-15-12(22-16-9)11-6-18(7-11)13(20)14(3)8-17(10(2)19)4-5-21-14/h11H,4-8H2,1-3H3. The summed E-state index contributed by atoms with van der Waals surface area (Å²) >= 11 is 0. The smallest absolute Gasteiger partial charge is 0.256 e. The lowest BCUT2D eigenvalue weighted by Crippen LogP contribution is -2.63. The molecule has 2 saturated heterocycles. The molecule has 2 aliphatic rings. The van der Waals surface area contributed by atoms with Crippen LogP contribution in [0.15, 0.2) is 4.52 Å². The molecule has 0 N–H and O–H groups in total. The Balaban J connectivity index is 1.61. The van der Waals surface area contributed by atoms with Crippen molar-refractivity contribution in [1.29, 1.82) is 0 Å². The van der Waals surface area contributed by atoms with E-state index >= 15 is 0 Å². The van der Waals surface area contributed by atoms with Gasteiger partial charge in [-0.2, -0.15) is 4.98 Å². The average molecular weight is 308 g/mol. The molecule has 0 bridgehead atoms. The molecule has 8 nitrogen and oxygen atoms in total. The zero-order chi connectivity index (χ0) is 15.9. The molecule has 0 aromatic carbocycles. The van der Waals surface area contributed by atoms with Crippen molar-refractivity contribution in [3.63, 3.8) is 0 Å². The van der Waals surface area contributed by atoms with E-state index in [-0.39, 0.29) is 17.7 Å². The molecule has 120 valence electrons. The summed E-state index contributed by atoms with van der Waals surface area (Å²) in [5.41, 5.74) is -0.973. The molecule has 2 amide bonds. The Kier molecular flexibility index (Phi) is 3.64. The van der Waals surface area contributed by atoms with Gasteiger partial charge in [0, 0.05) is 26.6 Å². The van der Waals surface area contributed by atoms with Crippen LogP contribution >= 0.6 is 0 Å². The highest BCUT2D eigenvalue weighted by atomic mass is 16.5. The molecule has 22 heavy (non-hydrogen) atoms. The fourth-order valence-electron chi connectivity index (χ4n) is 2.88. The van der Waals surface area contributed by atoms with Gasteiger partial charge >= 0.3 is 0 Å². The molecule has 1 unspecified atom stereocenters. The number of likely N-dealkylation sites (tertiary alicyclic amines) is 1. The second-order valence-corrected chi connectivity index (χ2v) is 6.11. The number of hydrogen-bond acceptors (Lipinski definition) is 6. The van der Waals surface area contributed by atoms with Crippen molar-refractivity contribution in [2.24, 2.45) is 0 Å².